The normalized spacial score (nSPS) is 12.5. The summed E-state index contributed by atoms with van der Waals surface area (Å²) in [5, 5.41) is 12.6. The molecule has 0 saturated carbocycles. The fraction of sp³-hybridized carbons (Fsp3) is 0.188. The van der Waals surface area contributed by atoms with Gasteiger partial charge in [-0.15, -0.1) is 0 Å². The Morgan fingerprint density at radius 2 is 2.10 bits per heavy atom. The van der Waals surface area contributed by atoms with E-state index in [4.69, 9.17) is 11.6 Å². The zero-order valence-electron chi connectivity index (χ0n) is 11.2. The molecule has 102 valence electrons. The number of anilines is 1. The molecule has 0 radical (unpaired) electrons. The molecule has 0 aliphatic rings. The Morgan fingerprint density at radius 3 is 2.90 bits per heavy atom. The second-order valence-corrected chi connectivity index (χ2v) is 5.24. The lowest BCUT2D eigenvalue weighted by Gasteiger charge is -2.19. The lowest BCUT2D eigenvalue weighted by molar-refractivity contribution is 0.750. The van der Waals surface area contributed by atoms with Gasteiger partial charge in [0, 0.05) is 10.4 Å². The monoisotopic (exact) mass is 285 g/mol. The van der Waals surface area contributed by atoms with E-state index in [1.165, 1.54) is 5.56 Å². The molecule has 3 aromatic rings. The number of rotatable bonds is 4. The van der Waals surface area contributed by atoms with E-state index >= 15 is 0 Å². The van der Waals surface area contributed by atoms with Gasteiger partial charge in [0.2, 0.25) is 0 Å². The molecular formula is C16H16ClN3. The fourth-order valence-corrected chi connectivity index (χ4v) is 2.62. The van der Waals surface area contributed by atoms with E-state index in [1.54, 1.807) is 0 Å². The molecule has 0 saturated heterocycles. The molecule has 1 atom stereocenters. The van der Waals surface area contributed by atoms with Crippen molar-refractivity contribution in [3.05, 3.63) is 59.2 Å². The number of aromatic nitrogens is 2. The summed E-state index contributed by atoms with van der Waals surface area (Å²) in [6.07, 6.45) is 2.81. The van der Waals surface area contributed by atoms with Gasteiger partial charge in [0.15, 0.2) is 0 Å². The van der Waals surface area contributed by atoms with Crippen LogP contribution >= 0.6 is 11.6 Å². The lowest BCUT2D eigenvalue weighted by Crippen LogP contribution is -2.09. The average Bonchev–Trinajstić information content (AvgIpc) is 2.94. The van der Waals surface area contributed by atoms with Crippen LogP contribution in [0, 0.1) is 0 Å². The zero-order valence-corrected chi connectivity index (χ0v) is 12.0. The van der Waals surface area contributed by atoms with Crippen molar-refractivity contribution >= 4 is 28.2 Å². The van der Waals surface area contributed by atoms with Gasteiger partial charge >= 0.3 is 0 Å². The number of aromatic amines is 1. The van der Waals surface area contributed by atoms with Crippen molar-refractivity contribution in [2.45, 2.75) is 19.4 Å². The second kappa shape index (κ2) is 5.55. The van der Waals surface area contributed by atoms with Crippen molar-refractivity contribution in [1.29, 1.82) is 0 Å². The maximum Gasteiger partial charge on any atom is 0.0881 e. The van der Waals surface area contributed by atoms with E-state index < -0.39 is 0 Å². The van der Waals surface area contributed by atoms with Crippen LogP contribution in [0.3, 0.4) is 0 Å². The third-order valence-electron chi connectivity index (χ3n) is 3.47. The van der Waals surface area contributed by atoms with Crippen molar-refractivity contribution in [2.24, 2.45) is 0 Å². The van der Waals surface area contributed by atoms with E-state index in [9.17, 15) is 0 Å². The van der Waals surface area contributed by atoms with Crippen molar-refractivity contribution in [3.63, 3.8) is 0 Å². The van der Waals surface area contributed by atoms with Crippen LogP contribution in [0.4, 0.5) is 5.69 Å². The summed E-state index contributed by atoms with van der Waals surface area (Å²) >= 11 is 6.08. The number of nitrogens with zero attached hydrogens (tertiary/aromatic N) is 1. The highest BCUT2D eigenvalue weighted by Gasteiger charge is 2.11. The van der Waals surface area contributed by atoms with Crippen molar-refractivity contribution in [3.8, 4) is 0 Å². The summed E-state index contributed by atoms with van der Waals surface area (Å²) in [4.78, 5) is 0. The summed E-state index contributed by atoms with van der Waals surface area (Å²) in [5.74, 6) is 0. The van der Waals surface area contributed by atoms with Crippen LogP contribution in [0.15, 0.2) is 48.7 Å². The van der Waals surface area contributed by atoms with Crippen molar-refractivity contribution < 1.29 is 0 Å². The Balaban J connectivity index is 1.93. The molecule has 0 aliphatic heterocycles. The van der Waals surface area contributed by atoms with E-state index in [0.717, 1.165) is 28.0 Å². The molecule has 3 nitrogen and oxygen atoms in total. The van der Waals surface area contributed by atoms with Crippen molar-refractivity contribution in [1.82, 2.24) is 10.2 Å². The fourth-order valence-electron chi connectivity index (χ4n) is 2.42. The number of hydrogen-bond donors (Lipinski definition) is 2. The van der Waals surface area contributed by atoms with Gasteiger partial charge in [-0.2, -0.15) is 5.10 Å². The molecule has 2 N–H and O–H groups in total. The van der Waals surface area contributed by atoms with E-state index in [-0.39, 0.29) is 6.04 Å². The quantitative estimate of drug-likeness (QED) is 0.724. The topological polar surface area (TPSA) is 40.7 Å². The number of halogens is 1. The lowest BCUT2D eigenvalue weighted by atomic mass is 10.0. The Hall–Kier alpha value is -2.00. The van der Waals surface area contributed by atoms with Crippen LogP contribution in [0.2, 0.25) is 5.02 Å². The summed E-state index contributed by atoms with van der Waals surface area (Å²) in [5.41, 5.74) is 3.29. The Bertz CT molecular complexity index is 720. The molecule has 0 amide bonds. The second-order valence-electron chi connectivity index (χ2n) is 4.80. The first-order valence-corrected chi connectivity index (χ1v) is 7.10. The first-order chi connectivity index (χ1) is 9.78. The number of nitrogens with one attached hydrogen (secondary N) is 2. The molecule has 2 aromatic carbocycles. The third-order valence-corrected chi connectivity index (χ3v) is 3.70. The molecular weight excluding hydrogens is 270 g/mol. The van der Waals surface area contributed by atoms with Crippen LogP contribution in [-0.2, 0) is 0 Å². The predicted molar refractivity (Wildman–Crippen MR) is 84.2 cm³/mol. The molecule has 3 rings (SSSR count). The minimum absolute atomic E-state index is 0.225. The Labute approximate surface area is 123 Å². The predicted octanol–water partition coefficient (Wildman–Crippen LogP) is 4.78. The first-order valence-electron chi connectivity index (χ1n) is 6.72. The minimum Gasteiger partial charge on any atom is -0.377 e. The van der Waals surface area contributed by atoms with Crippen LogP contribution in [0.1, 0.15) is 24.9 Å². The summed E-state index contributed by atoms with van der Waals surface area (Å²) in [7, 11) is 0. The maximum absolute atomic E-state index is 6.08. The number of para-hydroxylation sites is 1. The van der Waals surface area contributed by atoms with Gasteiger partial charge in [0.05, 0.1) is 23.4 Å². The summed E-state index contributed by atoms with van der Waals surface area (Å²) in [6.45, 7) is 2.16. The maximum atomic E-state index is 6.08. The molecule has 1 unspecified atom stereocenters. The minimum atomic E-state index is 0.225. The van der Waals surface area contributed by atoms with Gasteiger partial charge in [-0.3, -0.25) is 5.10 Å². The average molecular weight is 286 g/mol. The molecule has 4 heteroatoms. The molecule has 0 aliphatic carbocycles. The third kappa shape index (κ3) is 2.49. The van der Waals surface area contributed by atoms with Gasteiger partial charge in [0.1, 0.15) is 0 Å². The number of H-pyrrole nitrogens is 1. The number of hydrogen-bond acceptors (Lipinski definition) is 2. The first kappa shape index (κ1) is 13.0. The largest absolute Gasteiger partial charge is 0.377 e. The highest BCUT2D eigenvalue weighted by molar-refractivity contribution is 6.30. The molecule has 1 heterocycles. The number of fused-ring (bicyclic) bond motifs is 1. The highest BCUT2D eigenvalue weighted by atomic mass is 35.5. The standard InChI is InChI=1S/C16H16ClN3/c1-2-14(11-5-3-7-13(17)9-11)19-15-8-4-6-12-10-18-20-16(12)15/h3-10,14,19H,2H2,1H3,(H,18,20). The smallest absolute Gasteiger partial charge is 0.0881 e. The zero-order chi connectivity index (χ0) is 13.9. The SMILES string of the molecule is CCC(Nc1cccc2cn[nH]c12)c1cccc(Cl)c1. The molecule has 0 fully saturated rings. The highest BCUT2D eigenvalue weighted by Crippen LogP contribution is 2.28. The molecule has 0 bridgehead atoms. The van der Waals surface area contributed by atoms with Gasteiger partial charge in [-0.1, -0.05) is 42.8 Å². The van der Waals surface area contributed by atoms with E-state index in [1.807, 2.05) is 36.5 Å². The summed E-state index contributed by atoms with van der Waals surface area (Å²) in [6, 6.07) is 14.4. The van der Waals surface area contributed by atoms with Gasteiger partial charge in [0.25, 0.3) is 0 Å². The number of benzene rings is 2. The van der Waals surface area contributed by atoms with Crippen LogP contribution in [0.25, 0.3) is 10.9 Å². The Morgan fingerprint density at radius 1 is 1.25 bits per heavy atom. The van der Waals surface area contributed by atoms with Crippen LogP contribution in [-0.4, -0.2) is 10.2 Å². The van der Waals surface area contributed by atoms with Crippen LogP contribution < -0.4 is 5.32 Å². The van der Waals surface area contributed by atoms with Gasteiger partial charge in [-0.05, 0) is 30.2 Å². The van der Waals surface area contributed by atoms with Crippen molar-refractivity contribution in [2.75, 3.05) is 5.32 Å². The molecule has 20 heavy (non-hydrogen) atoms. The molecule has 1 aromatic heterocycles. The summed E-state index contributed by atoms with van der Waals surface area (Å²) < 4.78 is 0. The van der Waals surface area contributed by atoms with E-state index in [2.05, 4.69) is 34.6 Å². The van der Waals surface area contributed by atoms with E-state index in [0.29, 0.717) is 0 Å². The van der Waals surface area contributed by atoms with Gasteiger partial charge < -0.3 is 5.32 Å². The Kier molecular flexibility index (Phi) is 3.61. The van der Waals surface area contributed by atoms with Crippen LogP contribution in [0.5, 0.6) is 0 Å². The molecule has 0 spiro atoms. The van der Waals surface area contributed by atoms with Gasteiger partial charge in [-0.25, -0.2) is 0 Å².